The number of esters is 2. The molecule has 6 aliphatic heterocycles. The topological polar surface area (TPSA) is 440 Å². The van der Waals surface area contributed by atoms with E-state index in [9.17, 15) is 78.7 Å². The first-order valence-electron chi connectivity index (χ1n) is 31.7. The summed E-state index contributed by atoms with van der Waals surface area (Å²) in [4.78, 5) is 27.7. The van der Waals surface area contributed by atoms with Gasteiger partial charge in [-0.25, -0.2) is 4.18 Å². The largest absolute Gasteiger partial charge is 0.462 e. The SMILES string of the molecule is COC1C(O)C(CO)OC(OC2C(O)COC(OC3C(C)OC(OC4C(OC5CCC6(C)C7CCC89C(=O)OC(C)(CC(O)CC(C)C)C8C(OC(C)=O)CC9(C)C7=CCC6C5(C)C)OCC(OS(=O)(=O)O)C4O)C(OC4OCC(O)C(O)C4O)C3O)C2O)C1O. The first-order valence-corrected chi connectivity index (χ1v) is 33.1. The summed E-state index contributed by atoms with van der Waals surface area (Å²) in [6, 6.07) is 0. The minimum atomic E-state index is -5.27. The fourth-order valence-corrected chi connectivity index (χ4v) is 18.4. The molecule has 10 rings (SSSR count). The molecule has 522 valence electrons. The lowest BCUT2D eigenvalue weighted by Gasteiger charge is -2.64. The third kappa shape index (κ3) is 13.0. The van der Waals surface area contributed by atoms with Crippen LogP contribution in [0, 0.1) is 45.3 Å². The molecular weight excluding hydrogens is 1230 g/mol. The second-order valence-corrected chi connectivity index (χ2v) is 29.7. The molecule has 0 aromatic carbocycles. The van der Waals surface area contributed by atoms with Crippen LogP contribution in [0.3, 0.4) is 0 Å². The predicted molar refractivity (Wildman–Crippen MR) is 304 cm³/mol. The van der Waals surface area contributed by atoms with Crippen LogP contribution in [0.15, 0.2) is 11.6 Å². The Morgan fingerprint density at radius 1 is 0.703 bits per heavy atom. The van der Waals surface area contributed by atoms with Crippen LogP contribution in [0.1, 0.15) is 114 Å². The van der Waals surface area contributed by atoms with Crippen molar-refractivity contribution in [1.29, 1.82) is 0 Å². The van der Waals surface area contributed by atoms with Crippen molar-refractivity contribution >= 4 is 22.3 Å². The number of cyclic esters (lactones) is 1. The highest BCUT2D eigenvalue weighted by Gasteiger charge is 2.80. The highest BCUT2D eigenvalue weighted by Crippen LogP contribution is 2.77. The molecule has 0 aromatic heterocycles. The minimum absolute atomic E-state index is 0.0511. The molecule has 32 unspecified atom stereocenters. The number of methoxy groups -OCH3 is 1. The maximum absolute atomic E-state index is 14.8. The molecule has 10 aliphatic rings. The van der Waals surface area contributed by atoms with Gasteiger partial charge in [0.2, 0.25) is 0 Å². The van der Waals surface area contributed by atoms with Gasteiger partial charge in [-0.1, -0.05) is 53.2 Å². The Balaban J connectivity index is 0.906. The van der Waals surface area contributed by atoms with Crippen molar-refractivity contribution in [2.75, 3.05) is 33.5 Å². The molecule has 0 bridgehead atoms. The van der Waals surface area contributed by atoms with Crippen LogP contribution in [-0.2, 0) is 85.8 Å². The normalized spacial score (nSPS) is 50.2. The van der Waals surface area contributed by atoms with Gasteiger partial charge < -0.3 is 118 Å². The monoisotopic (exact) mass is 1330 g/mol. The Morgan fingerprint density at radius 2 is 1.32 bits per heavy atom. The molecule has 31 heteroatoms. The third-order valence-electron chi connectivity index (χ3n) is 22.1. The van der Waals surface area contributed by atoms with E-state index in [1.165, 1.54) is 21.0 Å². The minimum Gasteiger partial charge on any atom is -0.462 e. The smallest absolute Gasteiger partial charge is 0.397 e. The van der Waals surface area contributed by atoms with Crippen molar-refractivity contribution in [2.45, 2.75) is 273 Å². The lowest BCUT2D eigenvalue weighted by molar-refractivity contribution is -0.399. The fourth-order valence-electron chi connectivity index (χ4n) is 17.9. The molecule has 0 aromatic rings. The van der Waals surface area contributed by atoms with Crippen LogP contribution in [0.25, 0.3) is 0 Å². The van der Waals surface area contributed by atoms with Crippen molar-refractivity contribution in [3.8, 4) is 0 Å². The van der Waals surface area contributed by atoms with Crippen molar-refractivity contribution in [3.63, 3.8) is 0 Å². The second kappa shape index (κ2) is 26.8. The number of ether oxygens (including phenoxy) is 13. The molecule has 6 heterocycles. The van der Waals surface area contributed by atoms with Gasteiger partial charge in [-0.2, -0.15) is 8.42 Å². The molecular formula is C60H96O30S. The van der Waals surface area contributed by atoms with Gasteiger partial charge in [0.05, 0.1) is 56.1 Å². The number of aliphatic hydroxyl groups excluding tert-OH is 11. The van der Waals surface area contributed by atoms with Gasteiger partial charge in [0.25, 0.3) is 0 Å². The van der Waals surface area contributed by atoms with Crippen molar-refractivity contribution in [2.24, 2.45) is 45.3 Å². The molecule has 30 nitrogen and oxygen atoms in total. The zero-order valence-electron chi connectivity index (χ0n) is 52.9. The summed E-state index contributed by atoms with van der Waals surface area (Å²) in [6.07, 6.45) is -34.2. The Morgan fingerprint density at radius 3 is 1.97 bits per heavy atom. The number of fused-ring (bicyclic) bond motifs is 4. The van der Waals surface area contributed by atoms with E-state index in [1.807, 2.05) is 34.6 Å². The lowest BCUT2D eigenvalue weighted by atomic mass is 9.41. The highest BCUT2D eigenvalue weighted by molar-refractivity contribution is 7.80. The molecule has 91 heavy (non-hydrogen) atoms. The highest BCUT2D eigenvalue weighted by atomic mass is 32.3. The Kier molecular flexibility index (Phi) is 21.1. The average molecular weight is 1330 g/mol. The molecule has 32 atom stereocenters. The molecule has 4 aliphatic carbocycles. The van der Waals surface area contributed by atoms with Crippen LogP contribution in [0.4, 0.5) is 0 Å². The van der Waals surface area contributed by atoms with E-state index >= 15 is 0 Å². The van der Waals surface area contributed by atoms with Gasteiger partial charge >= 0.3 is 22.3 Å². The lowest BCUT2D eigenvalue weighted by Crippen LogP contribution is -2.67. The summed E-state index contributed by atoms with van der Waals surface area (Å²) >= 11 is 0. The first-order chi connectivity index (χ1) is 42.5. The summed E-state index contributed by atoms with van der Waals surface area (Å²) < 4.78 is 118. The number of carbonyl (C=O) groups is 2. The molecule has 12 N–H and O–H groups in total. The van der Waals surface area contributed by atoms with E-state index in [-0.39, 0.29) is 30.1 Å². The van der Waals surface area contributed by atoms with Crippen molar-refractivity contribution < 1.29 is 144 Å². The standard InChI is InChI=1S/C60H96O30S/c1-24(2)17-27(63)18-59(9)49-32(82-26(4)62)19-58(8)29-11-12-35-56(5,6)36(14-15-57(35,7)28(29)13-16-60(49,58)55(73)89-59)84-53-47(39(68)34(23-80-53)90-91(74,75)76)88-54-48(87-50-40(69)37(66)30(64)21-78-50)41(70)44(25(3)81-54)85-51-42(71)45(31(65)22-79-51)86-52-43(72)46(77-10)38(67)33(20-61)83-52/h11,24-25,27-28,30-54,61,63-72H,12-23H2,1-10H3,(H,74,75,76). The number of aliphatic hydroxyl groups is 11. The summed E-state index contributed by atoms with van der Waals surface area (Å²) in [5.74, 6) is -1.34. The van der Waals surface area contributed by atoms with E-state index in [0.717, 1.165) is 5.57 Å². The van der Waals surface area contributed by atoms with Crippen molar-refractivity contribution in [3.05, 3.63) is 11.6 Å². The van der Waals surface area contributed by atoms with Gasteiger partial charge in [0, 0.05) is 25.9 Å². The maximum atomic E-state index is 14.8. The Hall–Kier alpha value is -2.33. The summed E-state index contributed by atoms with van der Waals surface area (Å²) in [5, 5.41) is 122. The van der Waals surface area contributed by atoms with Crippen LogP contribution in [-0.4, -0.2) is 274 Å². The van der Waals surface area contributed by atoms with E-state index in [4.69, 9.17) is 65.8 Å². The molecule has 0 radical (unpaired) electrons. The maximum Gasteiger partial charge on any atom is 0.397 e. The number of hydrogen-bond donors (Lipinski definition) is 12. The van der Waals surface area contributed by atoms with Crippen LogP contribution in [0.2, 0.25) is 0 Å². The number of allylic oxidation sites excluding steroid dienone is 2. The second-order valence-electron chi connectivity index (χ2n) is 28.6. The molecule has 3 saturated carbocycles. The van der Waals surface area contributed by atoms with Gasteiger partial charge in [-0.15, -0.1) is 0 Å². The summed E-state index contributed by atoms with van der Waals surface area (Å²) in [7, 11) is -4.08. The molecule has 6 saturated heterocycles. The van der Waals surface area contributed by atoms with Gasteiger partial charge in [-0.05, 0) is 87.4 Å². The summed E-state index contributed by atoms with van der Waals surface area (Å²) in [5.41, 5.74) is -3.00. The number of rotatable bonds is 19. The van der Waals surface area contributed by atoms with Gasteiger partial charge in [0.1, 0.15) is 109 Å². The van der Waals surface area contributed by atoms with E-state index < -0.39 is 230 Å². The predicted octanol–water partition coefficient (Wildman–Crippen LogP) is -1.87. The van der Waals surface area contributed by atoms with Crippen LogP contribution >= 0.6 is 0 Å². The quantitative estimate of drug-likeness (QED) is 0.0383. The molecule has 1 spiro atoms. The molecule has 9 fully saturated rings. The van der Waals surface area contributed by atoms with Crippen LogP contribution < -0.4 is 0 Å². The zero-order chi connectivity index (χ0) is 66.6. The van der Waals surface area contributed by atoms with E-state index in [2.05, 4.69) is 19.9 Å². The number of carbonyl (C=O) groups excluding carboxylic acids is 2. The molecule has 0 amide bonds. The average Bonchev–Trinajstić information content (AvgIpc) is 1.52. The zero-order valence-corrected chi connectivity index (χ0v) is 53.7. The first kappa shape index (κ1) is 71.4. The fraction of sp³-hybridized carbons (Fsp3) is 0.933. The Bertz CT molecular complexity index is 2710. The van der Waals surface area contributed by atoms with Gasteiger partial charge in [0.15, 0.2) is 31.5 Å². The van der Waals surface area contributed by atoms with Crippen LogP contribution in [0.5, 0.6) is 0 Å². The summed E-state index contributed by atoms with van der Waals surface area (Å²) in [6.45, 7) is 14.5. The van der Waals surface area contributed by atoms with E-state index in [0.29, 0.717) is 44.9 Å². The van der Waals surface area contributed by atoms with E-state index in [1.54, 1.807) is 0 Å². The van der Waals surface area contributed by atoms with Crippen molar-refractivity contribution in [1.82, 2.24) is 0 Å². The number of hydrogen-bond acceptors (Lipinski definition) is 29. The van der Waals surface area contributed by atoms with Gasteiger partial charge in [-0.3, -0.25) is 14.1 Å². The Labute approximate surface area is 528 Å². The third-order valence-corrected chi connectivity index (χ3v) is 22.6.